The second-order valence-electron chi connectivity index (χ2n) is 3.22. The maximum Gasteiger partial charge on any atom is 0.117 e. The lowest BCUT2D eigenvalue weighted by atomic mass is 10.4. The molecule has 0 radical (unpaired) electrons. The molecule has 0 aromatic carbocycles. The first-order valence-corrected chi connectivity index (χ1v) is 4.51. The Morgan fingerprint density at radius 3 is 2.42 bits per heavy atom. The number of hydroxylamine groups is 2. The maximum absolute atomic E-state index is 5.50. The zero-order valence-electron chi connectivity index (χ0n) is 8.05. The van der Waals surface area contributed by atoms with Crippen LogP contribution in [0.5, 0.6) is 0 Å². The van der Waals surface area contributed by atoms with Crippen LogP contribution in [0.3, 0.4) is 0 Å². The number of rotatable bonds is 3. The molecular weight excluding hydrogens is 152 g/mol. The Morgan fingerprint density at radius 2 is 1.92 bits per heavy atom. The molecule has 0 atom stereocenters. The van der Waals surface area contributed by atoms with E-state index in [0.717, 1.165) is 38.4 Å². The number of hydrogen-bond donors (Lipinski definition) is 0. The largest absolute Gasteiger partial charge is 0.411 e. The van der Waals surface area contributed by atoms with Gasteiger partial charge in [0.1, 0.15) is 5.76 Å². The summed E-state index contributed by atoms with van der Waals surface area (Å²) in [6.07, 6.45) is 0.895. The van der Waals surface area contributed by atoms with Gasteiger partial charge in [0, 0.05) is 32.6 Å². The molecule has 1 aliphatic heterocycles. The molecule has 1 saturated heterocycles. The van der Waals surface area contributed by atoms with Crippen molar-refractivity contribution < 1.29 is 4.84 Å². The number of likely N-dealkylation sites (N-methyl/N-ethyl adjacent to an activating group) is 1. The number of nitrogens with zero attached hydrogens (tertiary/aromatic N) is 2. The highest BCUT2D eigenvalue weighted by Crippen LogP contribution is 2.06. The minimum Gasteiger partial charge on any atom is -0.411 e. The van der Waals surface area contributed by atoms with Crippen molar-refractivity contribution in [2.75, 3.05) is 33.2 Å². The minimum atomic E-state index is 0.861. The summed E-state index contributed by atoms with van der Waals surface area (Å²) in [5.74, 6) is 0.861. The molecule has 70 valence electrons. The van der Waals surface area contributed by atoms with Crippen molar-refractivity contribution in [3.63, 3.8) is 0 Å². The molecule has 0 unspecified atom stereocenters. The van der Waals surface area contributed by atoms with Crippen molar-refractivity contribution in [1.82, 2.24) is 9.96 Å². The molecule has 0 saturated carbocycles. The first-order chi connectivity index (χ1) is 5.72. The van der Waals surface area contributed by atoms with Crippen LogP contribution in [0.15, 0.2) is 12.3 Å². The highest BCUT2D eigenvalue weighted by molar-refractivity contribution is 4.79. The third kappa shape index (κ3) is 2.83. The van der Waals surface area contributed by atoms with Gasteiger partial charge < -0.3 is 9.74 Å². The van der Waals surface area contributed by atoms with Crippen molar-refractivity contribution >= 4 is 0 Å². The van der Waals surface area contributed by atoms with Gasteiger partial charge in [-0.3, -0.25) is 0 Å². The Bertz CT molecular complexity index is 151. The van der Waals surface area contributed by atoms with E-state index in [-0.39, 0.29) is 0 Å². The van der Waals surface area contributed by atoms with Gasteiger partial charge in [0.25, 0.3) is 0 Å². The van der Waals surface area contributed by atoms with Crippen LogP contribution in [0.1, 0.15) is 13.3 Å². The van der Waals surface area contributed by atoms with E-state index in [1.54, 1.807) is 0 Å². The summed E-state index contributed by atoms with van der Waals surface area (Å²) in [7, 11) is 2.13. The lowest BCUT2D eigenvalue weighted by Crippen LogP contribution is -2.44. The van der Waals surface area contributed by atoms with Gasteiger partial charge in [0.15, 0.2) is 0 Å². The van der Waals surface area contributed by atoms with Gasteiger partial charge in [-0.25, -0.2) is 0 Å². The first kappa shape index (κ1) is 9.55. The quantitative estimate of drug-likeness (QED) is 0.590. The van der Waals surface area contributed by atoms with E-state index in [9.17, 15) is 0 Å². The summed E-state index contributed by atoms with van der Waals surface area (Å²) in [6, 6.07) is 0. The maximum atomic E-state index is 5.50. The number of hydrogen-bond acceptors (Lipinski definition) is 3. The van der Waals surface area contributed by atoms with E-state index in [1.165, 1.54) is 0 Å². The molecule has 0 aromatic heterocycles. The third-order valence-corrected chi connectivity index (χ3v) is 2.11. The Kier molecular flexibility index (Phi) is 3.56. The van der Waals surface area contributed by atoms with Crippen LogP contribution in [0.2, 0.25) is 0 Å². The molecule has 3 nitrogen and oxygen atoms in total. The summed E-state index contributed by atoms with van der Waals surface area (Å²) in [5.41, 5.74) is 0. The third-order valence-electron chi connectivity index (χ3n) is 2.11. The average Bonchev–Trinajstić information content (AvgIpc) is 2.09. The summed E-state index contributed by atoms with van der Waals surface area (Å²) in [5, 5.41) is 1.99. The van der Waals surface area contributed by atoms with E-state index in [1.807, 2.05) is 5.06 Å². The van der Waals surface area contributed by atoms with Crippen LogP contribution in [-0.2, 0) is 4.84 Å². The standard InChI is InChI=1S/C9H18N2O/c1-4-9(2)12-11-7-5-10(3)6-8-11/h2,4-8H2,1,3H3. The van der Waals surface area contributed by atoms with Crippen LogP contribution >= 0.6 is 0 Å². The van der Waals surface area contributed by atoms with Crippen molar-refractivity contribution in [2.45, 2.75) is 13.3 Å². The zero-order chi connectivity index (χ0) is 8.97. The van der Waals surface area contributed by atoms with Gasteiger partial charge in [0.2, 0.25) is 0 Å². The Balaban J connectivity index is 2.21. The normalized spacial score (nSPS) is 20.8. The molecule has 1 heterocycles. The predicted octanol–water partition coefficient (Wildman–Crippen LogP) is 1.09. The average molecular weight is 170 g/mol. The SMILES string of the molecule is C=C(CC)ON1CCN(C)CC1. The molecule has 1 fully saturated rings. The smallest absolute Gasteiger partial charge is 0.117 e. The van der Waals surface area contributed by atoms with Crippen LogP contribution in [0.4, 0.5) is 0 Å². The fraction of sp³-hybridized carbons (Fsp3) is 0.778. The number of allylic oxidation sites excluding steroid dienone is 1. The van der Waals surface area contributed by atoms with E-state index >= 15 is 0 Å². The van der Waals surface area contributed by atoms with E-state index in [4.69, 9.17) is 4.84 Å². The van der Waals surface area contributed by atoms with E-state index in [0.29, 0.717) is 0 Å². The fourth-order valence-corrected chi connectivity index (χ4v) is 1.13. The van der Waals surface area contributed by atoms with Gasteiger partial charge >= 0.3 is 0 Å². The monoisotopic (exact) mass is 170 g/mol. The molecule has 1 aliphatic rings. The van der Waals surface area contributed by atoms with Crippen molar-refractivity contribution in [2.24, 2.45) is 0 Å². The first-order valence-electron chi connectivity index (χ1n) is 4.51. The topological polar surface area (TPSA) is 15.7 Å². The minimum absolute atomic E-state index is 0.861. The second kappa shape index (κ2) is 4.48. The van der Waals surface area contributed by atoms with Gasteiger partial charge in [-0.15, -0.1) is 5.06 Å². The molecule has 0 spiro atoms. The van der Waals surface area contributed by atoms with Crippen LogP contribution in [0.25, 0.3) is 0 Å². The molecule has 0 N–H and O–H groups in total. The fourth-order valence-electron chi connectivity index (χ4n) is 1.13. The molecule has 0 bridgehead atoms. The molecule has 0 amide bonds. The molecule has 1 rings (SSSR count). The summed E-state index contributed by atoms with van der Waals surface area (Å²) >= 11 is 0. The van der Waals surface area contributed by atoms with Gasteiger partial charge in [0.05, 0.1) is 0 Å². The van der Waals surface area contributed by atoms with E-state index < -0.39 is 0 Å². The molecule has 3 heteroatoms. The molecule has 0 aromatic rings. The summed E-state index contributed by atoms with van der Waals surface area (Å²) < 4.78 is 0. The van der Waals surface area contributed by atoms with Crippen molar-refractivity contribution in [3.8, 4) is 0 Å². The molecule has 0 aliphatic carbocycles. The highest BCUT2D eigenvalue weighted by atomic mass is 16.7. The summed E-state index contributed by atoms with van der Waals surface area (Å²) in [6.45, 7) is 9.99. The predicted molar refractivity (Wildman–Crippen MR) is 49.6 cm³/mol. The molecular formula is C9H18N2O. The van der Waals surface area contributed by atoms with E-state index in [2.05, 4.69) is 25.5 Å². The Morgan fingerprint density at radius 1 is 1.33 bits per heavy atom. The van der Waals surface area contributed by atoms with Gasteiger partial charge in [-0.1, -0.05) is 13.5 Å². The highest BCUT2D eigenvalue weighted by Gasteiger charge is 2.14. The summed E-state index contributed by atoms with van der Waals surface area (Å²) in [4.78, 5) is 7.80. The van der Waals surface area contributed by atoms with Crippen molar-refractivity contribution in [3.05, 3.63) is 12.3 Å². The zero-order valence-corrected chi connectivity index (χ0v) is 8.05. The Hall–Kier alpha value is -0.540. The van der Waals surface area contributed by atoms with Crippen LogP contribution in [-0.4, -0.2) is 43.2 Å². The lowest BCUT2D eigenvalue weighted by Gasteiger charge is -2.31. The van der Waals surface area contributed by atoms with Crippen molar-refractivity contribution in [1.29, 1.82) is 0 Å². The molecule has 12 heavy (non-hydrogen) atoms. The van der Waals surface area contributed by atoms with Gasteiger partial charge in [-0.05, 0) is 7.05 Å². The lowest BCUT2D eigenvalue weighted by molar-refractivity contribution is -0.140. The van der Waals surface area contributed by atoms with Crippen LogP contribution < -0.4 is 0 Å². The Labute approximate surface area is 74.6 Å². The van der Waals surface area contributed by atoms with Gasteiger partial charge in [-0.2, -0.15) is 0 Å². The number of piperazine rings is 1. The van der Waals surface area contributed by atoms with Crippen LogP contribution in [0, 0.1) is 0 Å². The second-order valence-corrected chi connectivity index (χ2v) is 3.22.